The second kappa shape index (κ2) is 2.48. The minimum Gasteiger partial charge on any atom is -0.506 e. The number of phenols is 1. The summed E-state index contributed by atoms with van der Waals surface area (Å²) in [5, 5.41) is 10.2. The van der Waals surface area contributed by atoms with Crippen molar-refractivity contribution in [2.24, 2.45) is 0 Å². The number of nitrogens with zero attached hydrogens (tertiary/aromatic N) is 1. The highest BCUT2D eigenvalue weighted by atomic mass is 16.3. The summed E-state index contributed by atoms with van der Waals surface area (Å²) < 4.78 is 0. The highest BCUT2D eigenvalue weighted by molar-refractivity contribution is 5.87. The molecule has 0 aliphatic heterocycles. The Hall–Kier alpha value is -1.57. The number of rotatable bonds is 0. The van der Waals surface area contributed by atoms with Gasteiger partial charge in [0.15, 0.2) is 0 Å². The molecule has 1 aromatic heterocycles. The monoisotopic (exact) mass is 157 g/mol. The van der Waals surface area contributed by atoms with Crippen LogP contribution >= 0.6 is 0 Å². The zero-order valence-electron chi connectivity index (χ0n) is 6.36. The largest absolute Gasteiger partial charge is 0.506 e. The van der Waals surface area contributed by atoms with Crippen LogP contribution in [0.15, 0.2) is 30.5 Å². The highest BCUT2D eigenvalue weighted by Crippen LogP contribution is 2.24. The van der Waals surface area contributed by atoms with Gasteiger partial charge in [0.25, 0.3) is 0 Å². The zero-order valence-corrected chi connectivity index (χ0v) is 6.36. The Morgan fingerprint density at radius 1 is 1.25 bits per heavy atom. The van der Waals surface area contributed by atoms with Crippen molar-refractivity contribution in [1.82, 2.24) is 4.98 Å². The molecule has 0 unspecified atom stereocenters. The van der Waals surface area contributed by atoms with Gasteiger partial charge in [-0.05, 0) is 24.6 Å². The van der Waals surface area contributed by atoms with E-state index < -0.39 is 0 Å². The fraction of sp³-hybridized carbons (Fsp3) is 0. The van der Waals surface area contributed by atoms with Gasteiger partial charge in [-0.2, -0.15) is 0 Å². The third-order valence-electron chi connectivity index (χ3n) is 1.78. The van der Waals surface area contributed by atoms with E-state index in [0.717, 1.165) is 5.39 Å². The minimum absolute atomic E-state index is 0.166. The molecule has 2 rings (SSSR count). The van der Waals surface area contributed by atoms with Gasteiger partial charge in [-0.15, -0.1) is 0 Å². The van der Waals surface area contributed by atoms with Crippen molar-refractivity contribution in [2.75, 3.05) is 0 Å². The molecule has 0 atom stereocenters. The molecule has 2 aromatic rings. The van der Waals surface area contributed by atoms with Crippen LogP contribution in [0.2, 0.25) is 0 Å². The average molecular weight is 157 g/mol. The molecule has 12 heavy (non-hydrogen) atoms. The third kappa shape index (κ3) is 0.925. The van der Waals surface area contributed by atoms with Crippen molar-refractivity contribution < 1.29 is 5.11 Å². The van der Waals surface area contributed by atoms with E-state index >= 15 is 0 Å². The van der Waals surface area contributed by atoms with E-state index in [4.69, 9.17) is 6.92 Å². The lowest BCUT2D eigenvalue weighted by Crippen LogP contribution is -1.81. The molecule has 0 bridgehead atoms. The predicted octanol–water partition coefficient (Wildman–Crippen LogP) is 2.00. The summed E-state index contributed by atoms with van der Waals surface area (Å²) in [5.74, 6) is 0.166. The quantitative estimate of drug-likeness (QED) is 0.634. The number of hydrogen-bond acceptors (Lipinski definition) is 2. The van der Waals surface area contributed by atoms with Crippen molar-refractivity contribution >= 4 is 10.9 Å². The topological polar surface area (TPSA) is 33.1 Å². The SMILES string of the molecule is [CH]c1ccc(O)c2ncccc12. The second-order valence-electron chi connectivity index (χ2n) is 2.57. The summed E-state index contributed by atoms with van der Waals surface area (Å²) >= 11 is 0. The minimum atomic E-state index is 0.166. The third-order valence-corrected chi connectivity index (χ3v) is 1.78. The van der Waals surface area contributed by atoms with Gasteiger partial charge >= 0.3 is 0 Å². The van der Waals surface area contributed by atoms with Crippen LogP contribution in [0.4, 0.5) is 0 Å². The van der Waals surface area contributed by atoms with Gasteiger partial charge in [0, 0.05) is 11.6 Å². The molecule has 0 saturated heterocycles. The van der Waals surface area contributed by atoms with E-state index in [1.54, 1.807) is 24.4 Å². The van der Waals surface area contributed by atoms with Crippen molar-refractivity contribution in [2.45, 2.75) is 0 Å². The first kappa shape index (κ1) is 7.10. The number of hydrogen-bond donors (Lipinski definition) is 1. The van der Waals surface area contributed by atoms with Crippen LogP contribution < -0.4 is 0 Å². The van der Waals surface area contributed by atoms with Gasteiger partial charge in [-0.25, -0.2) is 0 Å². The van der Waals surface area contributed by atoms with E-state index in [0.29, 0.717) is 11.1 Å². The lowest BCUT2D eigenvalue weighted by molar-refractivity contribution is 0.480. The van der Waals surface area contributed by atoms with Crippen LogP contribution in [-0.4, -0.2) is 10.1 Å². The fourth-order valence-corrected chi connectivity index (χ4v) is 1.18. The van der Waals surface area contributed by atoms with Crippen LogP contribution in [0.25, 0.3) is 10.9 Å². The molecule has 1 aromatic carbocycles. The van der Waals surface area contributed by atoms with E-state index in [1.165, 1.54) is 0 Å². The van der Waals surface area contributed by atoms with Gasteiger partial charge in [-0.3, -0.25) is 4.98 Å². The predicted molar refractivity (Wildman–Crippen MR) is 46.8 cm³/mol. The van der Waals surface area contributed by atoms with E-state index in [9.17, 15) is 5.11 Å². The number of phenolic OH excluding ortho intramolecular Hbond substituents is 1. The molecule has 0 aliphatic rings. The first-order valence-corrected chi connectivity index (χ1v) is 3.61. The molecule has 0 spiro atoms. The molecule has 1 N–H and O–H groups in total. The number of fused-ring (bicyclic) bond motifs is 1. The Labute approximate surface area is 70.5 Å². The van der Waals surface area contributed by atoms with E-state index in [2.05, 4.69) is 4.98 Å². The lowest BCUT2D eigenvalue weighted by Gasteiger charge is -2.01. The summed E-state index contributed by atoms with van der Waals surface area (Å²) in [6, 6.07) is 6.83. The van der Waals surface area contributed by atoms with Gasteiger partial charge in [0.05, 0.1) is 0 Å². The van der Waals surface area contributed by atoms with Gasteiger partial charge < -0.3 is 5.11 Å². The molecule has 0 aliphatic carbocycles. The Kier molecular flexibility index (Phi) is 1.47. The van der Waals surface area contributed by atoms with E-state index in [1.807, 2.05) is 6.07 Å². The molecular weight excluding hydrogens is 150 g/mol. The molecule has 1 heterocycles. The first-order chi connectivity index (χ1) is 5.79. The van der Waals surface area contributed by atoms with Gasteiger partial charge in [0.2, 0.25) is 0 Å². The number of benzene rings is 1. The van der Waals surface area contributed by atoms with Crippen molar-refractivity contribution in [3.05, 3.63) is 42.9 Å². The second-order valence-corrected chi connectivity index (χ2v) is 2.57. The molecule has 2 nitrogen and oxygen atoms in total. The summed E-state index contributed by atoms with van der Waals surface area (Å²) in [4.78, 5) is 4.01. The maximum atomic E-state index is 9.38. The molecule has 0 fully saturated rings. The van der Waals surface area contributed by atoms with Gasteiger partial charge in [0.1, 0.15) is 11.3 Å². The zero-order chi connectivity index (χ0) is 8.55. The van der Waals surface area contributed by atoms with Crippen LogP contribution in [0.1, 0.15) is 5.56 Å². The van der Waals surface area contributed by atoms with Crippen LogP contribution in [-0.2, 0) is 0 Å². The highest BCUT2D eigenvalue weighted by Gasteiger charge is 2.01. The summed E-state index contributed by atoms with van der Waals surface area (Å²) in [7, 11) is 0. The Morgan fingerprint density at radius 2 is 2.08 bits per heavy atom. The average Bonchev–Trinajstić information content (AvgIpc) is 2.12. The Balaban J connectivity index is 2.95. The maximum absolute atomic E-state index is 9.38. The van der Waals surface area contributed by atoms with Crippen molar-refractivity contribution in [3.63, 3.8) is 0 Å². The standard InChI is InChI=1S/C10H7NO/c1-7-4-5-9(12)10-8(7)3-2-6-11-10/h1-6,12H. The van der Waals surface area contributed by atoms with Gasteiger partial charge in [-0.1, -0.05) is 12.1 Å². The smallest absolute Gasteiger partial charge is 0.141 e. The summed E-state index contributed by atoms with van der Waals surface area (Å²) in [6.45, 7) is 5.67. The number of aromatic hydroxyl groups is 1. The fourth-order valence-electron chi connectivity index (χ4n) is 1.18. The Morgan fingerprint density at radius 3 is 2.83 bits per heavy atom. The van der Waals surface area contributed by atoms with Crippen LogP contribution in [0.3, 0.4) is 0 Å². The lowest BCUT2D eigenvalue weighted by atomic mass is 10.1. The van der Waals surface area contributed by atoms with Crippen LogP contribution in [0, 0.1) is 6.92 Å². The maximum Gasteiger partial charge on any atom is 0.141 e. The van der Waals surface area contributed by atoms with E-state index in [-0.39, 0.29) is 5.75 Å². The van der Waals surface area contributed by atoms with Crippen LogP contribution in [0.5, 0.6) is 5.75 Å². The Bertz CT molecular complexity index is 383. The first-order valence-electron chi connectivity index (χ1n) is 3.61. The number of pyridine rings is 1. The molecule has 2 radical (unpaired) electrons. The molecule has 58 valence electrons. The molecule has 0 amide bonds. The molecule has 0 saturated carbocycles. The summed E-state index contributed by atoms with van der Waals surface area (Å²) in [6.07, 6.45) is 1.63. The van der Waals surface area contributed by atoms with Crippen molar-refractivity contribution in [1.29, 1.82) is 0 Å². The molecule has 2 heteroatoms. The normalized spacial score (nSPS) is 10.4. The molecular formula is C10H7NO. The van der Waals surface area contributed by atoms with Crippen molar-refractivity contribution in [3.8, 4) is 5.75 Å². The number of aromatic nitrogens is 1. The summed E-state index contributed by atoms with van der Waals surface area (Å²) in [5.41, 5.74) is 1.19.